The number of ether oxygens (including phenoxy) is 1. The maximum Gasteiger partial charge on any atom is 0.307 e. The number of hydrogen-bond acceptors (Lipinski definition) is 3. The summed E-state index contributed by atoms with van der Waals surface area (Å²) < 4.78 is 5.01. The number of aliphatic carboxylic acids is 1. The van der Waals surface area contributed by atoms with Gasteiger partial charge in [0.05, 0.1) is 20.1 Å². The van der Waals surface area contributed by atoms with E-state index < -0.39 is 5.97 Å². The van der Waals surface area contributed by atoms with Gasteiger partial charge in [-0.2, -0.15) is 0 Å². The Balaban J connectivity index is 2.95. The molecule has 0 saturated heterocycles. The zero-order valence-electron chi connectivity index (χ0n) is 7.86. The summed E-state index contributed by atoms with van der Waals surface area (Å²) in [4.78, 5) is 10.4. The van der Waals surface area contributed by atoms with Crippen molar-refractivity contribution in [3.63, 3.8) is 0 Å². The van der Waals surface area contributed by atoms with E-state index in [-0.39, 0.29) is 13.0 Å². The number of aliphatic hydroxyl groups excluding tert-OH is 1. The Bertz CT molecular complexity index is 333. The molecule has 0 heterocycles. The minimum absolute atomic E-state index is 0.0396. The summed E-state index contributed by atoms with van der Waals surface area (Å²) in [5.41, 5.74) is 1.31. The van der Waals surface area contributed by atoms with Gasteiger partial charge in [-0.15, -0.1) is 0 Å². The highest BCUT2D eigenvalue weighted by atomic mass is 16.5. The normalized spacial score (nSPS) is 9.86. The van der Waals surface area contributed by atoms with Crippen molar-refractivity contribution in [2.75, 3.05) is 7.11 Å². The van der Waals surface area contributed by atoms with Gasteiger partial charge < -0.3 is 14.9 Å². The molecule has 76 valence electrons. The van der Waals surface area contributed by atoms with E-state index in [4.69, 9.17) is 14.9 Å². The van der Waals surface area contributed by atoms with Gasteiger partial charge in [0.25, 0.3) is 0 Å². The third-order valence-electron chi connectivity index (χ3n) is 1.88. The van der Waals surface area contributed by atoms with E-state index in [0.29, 0.717) is 16.9 Å². The lowest BCUT2D eigenvalue weighted by molar-refractivity contribution is -0.136. The second-order valence-electron chi connectivity index (χ2n) is 2.87. The third-order valence-corrected chi connectivity index (χ3v) is 1.88. The summed E-state index contributed by atoms with van der Waals surface area (Å²) >= 11 is 0. The molecule has 2 N–H and O–H groups in total. The molecule has 0 amide bonds. The van der Waals surface area contributed by atoms with Crippen molar-refractivity contribution in [2.24, 2.45) is 0 Å². The van der Waals surface area contributed by atoms with Crippen LogP contribution < -0.4 is 4.74 Å². The predicted octanol–water partition coefficient (Wildman–Crippen LogP) is 0.815. The lowest BCUT2D eigenvalue weighted by Gasteiger charge is -2.07. The molecule has 0 aliphatic heterocycles. The zero-order chi connectivity index (χ0) is 10.6. The van der Waals surface area contributed by atoms with Crippen LogP contribution in [0.5, 0.6) is 5.75 Å². The number of hydrogen-bond donors (Lipinski definition) is 2. The summed E-state index contributed by atoms with van der Waals surface area (Å²) in [5.74, 6) is -0.366. The molecule has 0 atom stereocenters. The topological polar surface area (TPSA) is 66.8 Å². The van der Waals surface area contributed by atoms with Gasteiger partial charge in [-0.25, -0.2) is 0 Å². The summed E-state index contributed by atoms with van der Waals surface area (Å²) in [6.45, 7) is -0.115. The quantitative estimate of drug-likeness (QED) is 0.748. The Morgan fingerprint density at radius 1 is 1.50 bits per heavy atom. The Labute approximate surface area is 81.8 Å². The second kappa shape index (κ2) is 4.62. The fourth-order valence-corrected chi connectivity index (χ4v) is 1.20. The van der Waals surface area contributed by atoms with E-state index in [1.165, 1.54) is 7.11 Å². The summed E-state index contributed by atoms with van der Waals surface area (Å²) in [5, 5.41) is 17.5. The smallest absolute Gasteiger partial charge is 0.307 e. The van der Waals surface area contributed by atoms with Crippen LogP contribution in [0.25, 0.3) is 0 Å². The minimum Gasteiger partial charge on any atom is -0.496 e. The van der Waals surface area contributed by atoms with Gasteiger partial charge in [-0.05, 0) is 11.6 Å². The molecule has 0 aliphatic rings. The summed E-state index contributed by atoms with van der Waals surface area (Å²) in [6.07, 6.45) is -0.0396. The number of methoxy groups -OCH3 is 1. The van der Waals surface area contributed by atoms with Crippen LogP contribution in [0, 0.1) is 0 Å². The standard InChI is InChI=1S/C10H12O4/c1-14-9-4-7(5-10(12)13)2-3-8(9)6-11/h2-4,11H,5-6H2,1H3,(H,12,13). The van der Waals surface area contributed by atoms with Gasteiger partial charge in [0.15, 0.2) is 0 Å². The molecule has 1 aromatic rings. The van der Waals surface area contributed by atoms with E-state index in [9.17, 15) is 4.79 Å². The first-order chi connectivity index (χ1) is 6.67. The van der Waals surface area contributed by atoms with Crippen molar-refractivity contribution in [1.82, 2.24) is 0 Å². The molecule has 14 heavy (non-hydrogen) atoms. The fourth-order valence-electron chi connectivity index (χ4n) is 1.20. The van der Waals surface area contributed by atoms with Crippen LogP contribution in [0.15, 0.2) is 18.2 Å². The minimum atomic E-state index is -0.885. The molecule has 0 fully saturated rings. The van der Waals surface area contributed by atoms with Gasteiger partial charge >= 0.3 is 5.97 Å². The number of aliphatic hydroxyl groups is 1. The van der Waals surface area contributed by atoms with Gasteiger partial charge in [0.1, 0.15) is 5.75 Å². The third kappa shape index (κ3) is 2.47. The highest BCUT2D eigenvalue weighted by Crippen LogP contribution is 2.20. The van der Waals surface area contributed by atoms with Crippen molar-refractivity contribution < 1.29 is 19.7 Å². The van der Waals surface area contributed by atoms with Crippen molar-refractivity contribution >= 4 is 5.97 Å². The van der Waals surface area contributed by atoms with E-state index >= 15 is 0 Å². The van der Waals surface area contributed by atoms with Crippen molar-refractivity contribution in [3.8, 4) is 5.75 Å². The largest absolute Gasteiger partial charge is 0.496 e. The molecule has 0 saturated carbocycles. The molecule has 1 aromatic carbocycles. The van der Waals surface area contributed by atoms with Crippen LogP contribution >= 0.6 is 0 Å². The maximum absolute atomic E-state index is 10.4. The van der Waals surface area contributed by atoms with Crippen molar-refractivity contribution in [3.05, 3.63) is 29.3 Å². The molecule has 0 radical (unpaired) electrons. The fraction of sp³-hybridized carbons (Fsp3) is 0.300. The first kappa shape index (κ1) is 10.5. The number of carboxylic acids is 1. The Morgan fingerprint density at radius 2 is 2.21 bits per heavy atom. The Hall–Kier alpha value is -1.55. The van der Waals surface area contributed by atoms with Crippen LogP contribution in [0.1, 0.15) is 11.1 Å². The maximum atomic E-state index is 10.4. The number of carbonyl (C=O) groups is 1. The molecule has 4 heteroatoms. The molecule has 0 aliphatic carbocycles. The van der Waals surface area contributed by atoms with Crippen molar-refractivity contribution in [1.29, 1.82) is 0 Å². The number of carboxylic acid groups (broad SMARTS) is 1. The first-order valence-electron chi connectivity index (χ1n) is 4.16. The van der Waals surface area contributed by atoms with Crippen LogP contribution in [0.3, 0.4) is 0 Å². The lowest BCUT2D eigenvalue weighted by atomic mass is 10.1. The Kier molecular flexibility index (Phi) is 3.48. The van der Waals surface area contributed by atoms with Crippen LogP contribution in [-0.4, -0.2) is 23.3 Å². The van der Waals surface area contributed by atoms with Crippen LogP contribution in [0.2, 0.25) is 0 Å². The van der Waals surface area contributed by atoms with E-state index in [1.807, 2.05) is 0 Å². The van der Waals surface area contributed by atoms with E-state index in [0.717, 1.165) is 0 Å². The van der Waals surface area contributed by atoms with Crippen molar-refractivity contribution in [2.45, 2.75) is 13.0 Å². The molecular formula is C10H12O4. The SMILES string of the molecule is COc1cc(CC(=O)O)ccc1CO. The zero-order valence-corrected chi connectivity index (χ0v) is 7.86. The highest BCUT2D eigenvalue weighted by Gasteiger charge is 2.05. The molecule has 1 rings (SSSR count). The summed E-state index contributed by atoms with van der Waals surface area (Å²) in [7, 11) is 1.49. The number of benzene rings is 1. The average Bonchev–Trinajstić information content (AvgIpc) is 2.16. The molecule has 0 spiro atoms. The van der Waals surface area contributed by atoms with Gasteiger partial charge in [-0.3, -0.25) is 4.79 Å². The molecule has 0 aromatic heterocycles. The summed E-state index contributed by atoms with van der Waals surface area (Å²) in [6, 6.07) is 4.96. The van der Waals surface area contributed by atoms with Crippen LogP contribution in [0.4, 0.5) is 0 Å². The van der Waals surface area contributed by atoms with Gasteiger partial charge in [0, 0.05) is 5.56 Å². The molecular weight excluding hydrogens is 184 g/mol. The average molecular weight is 196 g/mol. The first-order valence-corrected chi connectivity index (χ1v) is 4.16. The highest BCUT2D eigenvalue weighted by molar-refractivity contribution is 5.70. The van der Waals surface area contributed by atoms with E-state index in [1.54, 1.807) is 18.2 Å². The molecule has 4 nitrogen and oxygen atoms in total. The number of rotatable bonds is 4. The van der Waals surface area contributed by atoms with Crippen LogP contribution in [-0.2, 0) is 17.8 Å². The second-order valence-corrected chi connectivity index (χ2v) is 2.87. The predicted molar refractivity (Wildman–Crippen MR) is 50.3 cm³/mol. The Morgan fingerprint density at radius 3 is 2.71 bits per heavy atom. The molecule has 0 unspecified atom stereocenters. The van der Waals surface area contributed by atoms with Gasteiger partial charge in [0.2, 0.25) is 0 Å². The van der Waals surface area contributed by atoms with E-state index in [2.05, 4.69) is 0 Å². The lowest BCUT2D eigenvalue weighted by Crippen LogP contribution is -2.01. The molecule has 0 bridgehead atoms. The monoisotopic (exact) mass is 196 g/mol. The van der Waals surface area contributed by atoms with Gasteiger partial charge in [-0.1, -0.05) is 12.1 Å².